The first-order valence-electron chi connectivity index (χ1n) is 6.93. The maximum absolute atomic E-state index is 10.6. The van der Waals surface area contributed by atoms with Crippen LogP contribution in [0, 0.1) is 17.8 Å². The van der Waals surface area contributed by atoms with E-state index in [0.717, 1.165) is 32.1 Å². The molecule has 2 nitrogen and oxygen atoms in total. The van der Waals surface area contributed by atoms with Crippen molar-refractivity contribution < 1.29 is 10.2 Å². The molecular weight excluding hydrogens is 200 g/mol. The van der Waals surface area contributed by atoms with Crippen LogP contribution in [0.15, 0.2) is 0 Å². The molecule has 0 radical (unpaired) electrons. The number of hydrogen-bond donors (Lipinski definition) is 2. The summed E-state index contributed by atoms with van der Waals surface area (Å²) in [6.07, 6.45) is 6.81. The van der Waals surface area contributed by atoms with Gasteiger partial charge in [-0.05, 0) is 49.9 Å². The molecule has 2 aliphatic rings. The van der Waals surface area contributed by atoms with Crippen molar-refractivity contribution in [2.75, 3.05) is 0 Å². The molecule has 0 aromatic carbocycles. The van der Waals surface area contributed by atoms with Gasteiger partial charge >= 0.3 is 0 Å². The fraction of sp³-hybridized carbons (Fsp3) is 1.00. The molecule has 2 fully saturated rings. The summed E-state index contributed by atoms with van der Waals surface area (Å²) < 4.78 is 0. The van der Waals surface area contributed by atoms with Gasteiger partial charge < -0.3 is 10.2 Å². The number of hydrogen-bond acceptors (Lipinski definition) is 2. The second-order valence-corrected chi connectivity index (χ2v) is 6.29. The van der Waals surface area contributed by atoms with Crippen molar-refractivity contribution in [2.45, 2.75) is 70.5 Å². The summed E-state index contributed by atoms with van der Waals surface area (Å²) in [5, 5.41) is 21.0. The first-order valence-corrected chi connectivity index (χ1v) is 6.93. The van der Waals surface area contributed by atoms with E-state index in [1.165, 1.54) is 12.8 Å². The molecule has 2 aliphatic carbocycles. The van der Waals surface area contributed by atoms with E-state index in [4.69, 9.17) is 0 Å². The maximum Gasteiger partial charge on any atom is 0.0910 e. The molecule has 0 amide bonds. The third-order valence-corrected chi connectivity index (χ3v) is 5.08. The predicted molar refractivity (Wildman–Crippen MR) is 65.1 cm³/mol. The number of aliphatic hydroxyl groups is 2. The lowest BCUT2D eigenvalue weighted by Crippen LogP contribution is -2.50. The van der Waals surface area contributed by atoms with E-state index >= 15 is 0 Å². The van der Waals surface area contributed by atoms with E-state index < -0.39 is 11.7 Å². The van der Waals surface area contributed by atoms with E-state index in [1.807, 2.05) is 0 Å². The predicted octanol–water partition coefficient (Wildman–Crippen LogP) is 2.72. The van der Waals surface area contributed by atoms with Gasteiger partial charge in [0.15, 0.2) is 0 Å². The molecule has 0 aliphatic heterocycles. The van der Waals surface area contributed by atoms with E-state index in [9.17, 15) is 10.2 Å². The Morgan fingerprint density at radius 3 is 2.25 bits per heavy atom. The lowest BCUT2D eigenvalue weighted by molar-refractivity contribution is -0.134. The van der Waals surface area contributed by atoms with Crippen LogP contribution in [0.2, 0.25) is 0 Å². The molecule has 0 aromatic rings. The average molecular weight is 226 g/mol. The van der Waals surface area contributed by atoms with Gasteiger partial charge in [0, 0.05) is 0 Å². The summed E-state index contributed by atoms with van der Waals surface area (Å²) in [6.45, 7) is 4.46. The number of aliphatic hydroxyl groups excluding tert-OH is 1. The molecule has 4 unspecified atom stereocenters. The molecule has 2 saturated carbocycles. The van der Waals surface area contributed by atoms with Gasteiger partial charge in [-0.1, -0.05) is 26.7 Å². The fourth-order valence-corrected chi connectivity index (χ4v) is 3.60. The standard InChI is InChI=1S/C14H26O2/c1-10-7-8-14(16,9-11(10)2)13(15)12-5-3-4-6-12/h10-13,15-16H,3-9H2,1-2H3. The molecule has 0 saturated heterocycles. The third-order valence-electron chi connectivity index (χ3n) is 5.08. The van der Waals surface area contributed by atoms with Crippen LogP contribution in [0.3, 0.4) is 0 Å². The maximum atomic E-state index is 10.6. The summed E-state index contributed by atoms with van der Waals surface area (Å²) in [7, 11) is 0. The monoisotopic (exact) mass is 226 g/mol. The zero-order valence-electron chi connectivity index (χ0n) is 10.7. The van der Waals surface area contributed by atoms with Crippen molar-refractivity contribution in [2.24, 2.45) is 17.8 Å². The third kappa shape index (κ3) is 2.28. The Bertz CT molecular complexity index is 235. The van der Waals surface area contributed by atoms with Crippen LogP contribution in [0.1, 0.15) is 58.8 Å². The topological polar surface area (TPSA) is 40.5 Å². The smallest absolute Gasteiger partial charge is 0.0910 e. The summed E-state index contributed by atoms with van der Waals surface area (Å²) in [5.74, 6) is 1.58. The van der Waals surface area contributed by atoms with Gasteiger partial charge in [0.25, 0.3) is 0 Å². The summed E-state index contributed by atoms with van der Waals surface area (Å²) in [5.41, 5.74) is -0.791. The van der Waals surface area contributed by atoms with Crippen molar-refractivity contribution in [1.29, 1.82) is 0 Å². The molecule has 0 heterocycles. The van der Waals surface area contributed by atoms with Gasteiger partial charge in [-0.2, -0.15) is 0 Å². The van der Waals surface area contributed by atoms with Gasteiger partial charge in [-0.15, -0.1) is 0 Å². The Morgan fingerprint density at radius 1 is 1.06 bits per heavy atom. The van der Waals surface area contributed by atoms with Gasteiger partial charge in [-0.25, -0.2) is 0 Å². The van der Waals surface area contributed by atoms with E-state index in [-0.39, 0.29) is 0 Å². The fourth-order valence-electron chi connectivity index (χ4n) is 3.60. The van der Waals surface area contributed by atoms with Crippen molar-refractivity contribution >= 4 is 0 Å². The average Bonchev–Trinajstić information content (AvgIpc) is 2.76. The van der Waals surface area contributed by atoms with E-state index in [2.05, 4.69) is 13.8 Å². The van der Waals surface area contributed by atoms with Crippen LogP contribution in [0.4, 0.5) is 0 Å². The Morgan fingerprint density at radius 2 is 1.69 bits per heavy atom. The highest BCUT2D eigenvalue weighted by Gasteiger charge is 2.44. The van der Waals surface area contributed by atoms with Crippen LogP contribution in [0.5, 0.6) is 0 Å². The Labute approximate surface area is 99.1 Å². The van der Waals surface area contributed by atoms with Crippen molar-refractivity contribution in [1.82, 2.24) is 0 Å². The second kappa shape index (κ2) is 4.66. The van der Waals surface area contributed by atoms with Crippen LogP contribution >= 0.6 is 0 Å². The molecular formula is C14H26O2. The molecule has 94 valence electrons. The molecule has 0 spiro atoms. The van der Waals surface area contributed by atoms with Gasteiger partial charge in [0.1, 0.15) is 0 Å². The van der Waals surface area contributed by atoms with Crippen molar-refractivity contribution in [3.63, 3.8) is 0 Å². The van der Waals surface area contributed by atoms with Crippen LogP contribution < -0.4 is 0 Å². The zero-order valence-corrected chi connectivity index (χ0v) is 10.7. The first kappa shape index (κ1) is 12.4. The molecule has 2 rings (SSSR count). The van der Waals surface area contributed by atoms with Crippen molar-refractivity contribution in [3.8, 4) is 0 Å². The highest BCUT2D eigenvalue weighted by molar-refractivity contribution is 4.96. The minimum atomic E-state index is -0.791. The highest BCUT2D eigenvalue weighted by atomic mass is 16.3. The van der Waals surface area contributed by atoms with Crippen LogP contribution in [-0.2, 0) is 0 Å². The lowest BCUT2D eigenvalue weighted by atomic mass is 9.68. The Balaban J connectivity index is 2.00. The molecule has 4 atom stereocenters. The molecule has 2 heteroatoms. The summed E-state index contributed by atoms with van der Waals surface area (Å²) in [4.78, 5) is 0. The second-order valence-electron chi connectivity index (χ2n) is 6.29. The SMILES string of the molecule is CC1CCC(O)(C(O)C2CCCC2)CC1C. The highest BCUT2D eigenvalue weighted by Crippen LogP contribution is 2.42. The first-order chi connectivity index (χ1) is 7.53. The molecule has 0 aromatic heterocycles. The molecule has 16 heavy (non-hydrogen) atoms. The van der Waals surface area contributed by atoms with Crippen molar-refractivity contribution in [3.05, 3.63) is 0 Å². The van der Waals surface area contributed by atoms with E-state index in [0.29, 0.717) is 17.8 Å². The Hall–Kier alpha value is -0.0800. The summed E-state index contributed by atoms with van der Waals surface area (Å²) >= 11 is 0. The minimum absolute atomic E-state index is 0.352. The van der Waals surface area contributed by atoms with Crippen LogP contribution in [-0.4, -0.2) is 21.9 Å². The van der Waals surface area contributed by atoms with Crippen LogP contribution in [0.25, 0.3) is 0 Å². The zero-order chi connectivity index (χ0) is 11.8. The minimum Gasteiger partial charge on any atom is -0.390 e. The number of rotatable bonds is 2. The van der Waals surface area contributed by atoms with Gasteiger partial charge in [0.05, 0.1) is 11.7 Å². The van der Waals surface area contributed by atoms with Gasteiger partial charge in [0.2, 0.25) is 0 Å². The molecule has 0 bridgehead atoms. The summed E-state index contributed by atoms with van der Waals surface area (Å²) in [6, 6.07) is 0. The van der Waals surface area contributed by atoms with Gasteiger partial charge in [-0.3, -0.25) is 0 Å². The normalized spacial score (nSPS) is 43.5. The largest absolute Gasteiger partial charge is 0.390 e. The lowest BCUT2D eigenvalue weighted by Gasteiger charge is -2.43. The quantitative estimate of drug-likeness (QED) is 0.760. The van der Waals surface area contributed by atoms with E-state index in [1.54, 1.807) is 0 Å². The Kier molecular flexibility index (Phi) is 3.60. The molecule has 2 N–H and O–H groups in total.